The van der Waals surface area contributed by atoms with Crippen LogP contribution in [0.4, 0.5) is 13.2 Å². The Kier molecular flexibility index (Phi) is 5.81. The Balaban J connectivity index is 1.62. The largest absolute Gasteiger partial charge is 0.573 e. The third-order valence-electron chi connectivity index (χ3n) is 4.43. The van der Waals surface area contributed by atoms with Crippen LogP contribution in [0.5, 0.6) is 11.5 Å². The number of aromatic nitrogens is 1. The first-order valence-corrected chi connectivity index (χ1v) is 8.90. The van der Waals surface area contributed by atoms with E-state index < -0.39 is 6.36 Å². The predicted octanol–water partition coefficient (Wildman–Crippen LogP) is 4.64. The number of likely N-dealkylation sites (tertiary alicyclic amines) is 1. The molecule has 1 fully saturated rings. The molecule has 2 aromatic rings. The molecule has 0 spiro atoms. The summed E-state index contributed by atoms with van der Waals surface area (Å²) in [6, 6.07) is 8.21. The van der Waals surface area contributed by atoms with Gasteiger partial charge in [-0.25, -0.2) is 0 Å². The van der Waals surface area contributed by atoms with Crippen LogP contribution in [0.3, 0.4) is 0 Å². The monoisotopic (exact) mass is 400 g/mol. The number of aryl methyl sites for hydroxylation is 1. The van der Waals surface area contributed by atoms with Gasteiger partial charge in [-0.15, -0.1) is 13.2 Å². The molecule has 1 aliphatic heterocycles. The normalized spacial score (nSPS) is 20.7. The molecule has 4 nitrogen and oxygen atoms in total. The minimum Gasteiger partial charge on any atom is -0.489 e. The van der Waals surface area contributed by atoms with Crippen LogP contribution in [0, 0.1) is 6.92 Å². The van der Waals surface area contributed by atoms with E-state index in [-0.39, 0.29) is 17.9 Å². The molecule has 0 saturated carbocycles. The number of alkyl halides is 3. The standard InChI is InChI=1S/C19H20ClF3N2O2/c1-12-5-13(20)7-17(6-12)26-18-10-15(25(2)11-18)8-14-9-16(3-4-24-14)27-19(21,22)23/h3-7,9,15,18H,8,10-11H2,1-2H3. The molecule has 2 unspecified atom stereocenters. The summed E-state index contributed by atoms with van der Waals surface area (Å²) in [4.78, 5) is 6.29. The summed E-state index contributed by atoms with van der Waals surface area (Å²) in [6.45, 7) is 2.67. The molecule has 2 heterocycles. The third kappa shape index (κ3) is 5.74. The van der Waals surface area contributed by atoms with Crippen LogP contribution in [0.25, 0.3) is 0 Å². The maximum absolute atomic E-state index is 12.4. The number of likely N-dealkylation sites (N-methyl/N-ethyl adjacent to an activating group) is 1. The van der Waals surface area contributed by atoms with Crippen LogP contribution in [0.2, 0.25) is 5.02 Å². The summed E-state index contributed by atoms with van der Waals surface area (Å²) >= 11 is 6.07. The fraction of sp³-hybridized carbons (Fsp3) is 0.421. The van der Waals surface area contributed by atoms with Gasteiger partial charge in [0.1, 0.15) is 17.6 Å². The van der Waals surface area contributed by atoms with Crippen molar-refractivity contribution in [3.05, 3.63) is 52.8 Å². The van der Waals surface area contributed by atoms with Gasteiger partial charge in [0, 0.05) is 48.4 Å². The molecule has 1 aromatic heterocycles. The van der Waals surface area contributed by atoms with Crippen molar-refractivity contribution < 1.29 is 22.6 Å². The van der Waals surface area contributed by atoms with E-state index in [9.17, 15) is 13.2 Å². The molecule has 27 heavy (non-hydrogen) atoms. The molecular weight excluding hydrogens is 381 g/mol. The van der Waals surface area contributed by atoms with Gasteiger partial charge in [-0.1, -0.05) is 11.6 Å². The number of ether oxygens (including phenoxy) is 2. The van der Waals surface area contributed by atoms with Crippen molar-refractivity contribution >= 4 is 11.6 Å². The van der Waals surface area contributed by atoms with E-state index in [1.54, 1.807) is 6.07 Å². The maximum Gasteiger partial charge on any atom is 0.573 e. The van der Waals surface area contributed by atoms with Crippen LogP contribution in [0.1, 0.15) is 17.7 Å². The number of hydrogen-bond acceptors (Lipinski definition) is 4. The van der Waals surface area contributed by atoms with Crippen molar-refractivity contribution in [2.24, 2.45) is 0 Å². The lowest BCUT2D eigenvalue weighted by atomic mass is 10.1. The molecule has 8 heteroatoms. The second-order valence-corrected chi connectivity index (χ2v) is 7.20. The molecule has 0 aliphatic carbocycles. The van der Waals surface area contributed by atoms with E-state index in [0.29, 0.717) is 17.1 Å². The lowest BCUT2D eigenvalue weighted by Crippen LogP contribution is -2.27. The average Bonchev–Trinajstić information content (AvgIpc) is 2.84. The first-order valence-electron chi connectivity index (χ1n) is 8.53. The number of pyridine rings is 1. The van der Waals surface area contributed by atoms with Crippen molar-refractivity contribution in [3.63, 3.8) is 0 Å². The van der Waals surface area contributed by atoms with E-state index >= 15 is 0 Å². The lowest BCUT2D eigenvalue weighted by Gasteiger charge is -2.18. The lowest BCUT2D eigenvalue weighted by molar-refractivity contribution is -0.274. The quantitative estimate of drug-likeness (QED) is 0.732. The number of rotatable bonds is 5. The zero-order valence-corrected chi connectivity index (χ0v) is 15.7. The highest BCUT2D eigenvalue weighted by Gasteiger charge is 2.33. The molecule has 0 N–H and O–H groups in total. The van der Waals surface area contributed by atoms with Crippen LogP contribution < -0.4 is 9.47 Å². The summed E-state index contributed by atoms with van der Waals surface area (Å²) in [5.41, 5.74) is 1.57. The summed E-state index contributed by atoms with van der Waals surface area (Å²) in [5.74, 6) is 0.466. The Hall–Kier alpha value is -1.99. The van der Waals surface area contributed by atoms with Gasteiger partial charge in [0.25, 0.3) is 0 Å². The zero-order chi connectivity index (χ0) is 19.6. The number of halogens is 4. The van der Waals surface area contributed by atoms with E-state index in [4.69, 9.17) is 16.3 Å². The summed E-state index contributed by atoms with van der Waals surface area (Å²) in [7, 11) is 1.97. The van der Waals surface area contributed by atoms with Gasteiger partial charge in [0.05, 0.1) is 0 Å². The van der Waals surface area contributed by atoms with Gasteiger partial charge >= 0.3 is 6.36 Å². The zero-order valence-electron chi connectivity index (χ0n) is 15.0. The number of hydrogen-bond donors (Lipinski definition) is 0. The minimum atomic E-state index is -4.71. The Bertz CT molecular complexity index is 781. The molecule has 0 amide bonds. The SMILES string of the molecule is Cc1cc(Cl)cc(OC2CC(Cc3cc(OC(F)(F)F)ccn3)N(C)C2)c1. The first-order chi connectivity index (χ1) is 12.7. The molecule has 1 aromatic carbocycles. The van der Waals surface area contributed by atoms with Gasteiger partial charge in [0.2, 0.25) is 0 Å². The topological polar surface area (TPSA) is 34.6 Å². The summed E-state index contributed by atoms with van der Waals surface area (Å²) < 4.78 is 47.1. The second-order valence-electron chi connectivity index (χ2n) is 6.77. The highest BCUT2D eigenvalue weighted by molar-refractivity contribution is 6.30. The average molecular weight is 401 g/mol. The van der Waals surface area contributed by atoms with Crippen molar-refractivity contribution in [2.45, 2.75) is 38.3 Å². The van der Waals surface area contributed by atoms with E-state index in [2.05, 4.69) is 14.6 Å². The fourth-order valence-corrected chi connectivity index (χ4v) is 3.60. The van der Waals surface area contributed by atoms with Gasteiger partial charge in [-0.05, 0) is 43.8 Å². The van der Waals surface area contributed by atoms with Crippen LogP contribution in [0.15, 0.2) is 36.5 Å². The van der Waals surface area contributed by atoms with Gasteiger partial charge in [-0.3, -0.25) is 9.88 Å². The van der Waals surface area contributed by atoms with Crippen LogP contribution >= 0.6 is 11.6 Å². The van der Waals surface area contributed by atoms with Crippen molar-refractivity contribution in [2.75, 3.05) is 13.6 Å². The van der Waals surface area contributed by atoms with E-state index in [0.717, 1.165) is 24.3 Å². The first kappa shape index (κ1) is 19.8. The molecule has 0 bridgehead atoms. The highest BCUT2D eigenvalue weighted by Crippen LogP contribution is 2.28. The molecule has 3 rings (SSSR count). The Morgan fingerprint density at radius 3 is 2.70 bits per heavy atom. The van der Waals surface area contributed by atoms with Crippen LogP contribution in [-0.4, -0.2) is 42.0 Å². The van der Waals surface area contributed by atoms with Gasteiger partial charge in [0.15, 0.2) is 0 Å². The van der Waals surface area contributed by atoms with Crippen molar-refractivity contribution in [3.8, 4) is 11.5 Å². The smallest absolute Gasteiger partial charge is 0.489 e. The highest BCUT2D eigenvalue weighted by atomic mass is 35.5. The summed E-state index contributed by atoms with van der Waals surface area (Å²) in [5, 5.41) is 0.624. The fourth-order valence-electron chi connectivity index (χ4n) is 3.32. The van der Waals surface area contributed by atoms with E-state index in [1.165, 1.54) is 18.3 Å². The Morgan fingerprint density at radius 2 is 2.00 bits per heavy atom. The van der Waals surface area contributed by atoms with Crippen molar-refractivity contribution in [1.82, 2.24) is 9.88 Å². The molecular formula is C19H20ClF3N2O2. The second kappa shape index (κ2) is 7.94. The van der Waals surface area contributed by atoms with E-state index in [1.807, 2.05) is 26.1 Å². The molecule has 2 atom stereocenters. The number of nitrogens with zero attached hydrogens (tertiary/aromatic N) is 2. The van der Waals surface area contributed by atoms with Gasteiger partial charge < -0.3 is 9.47 Å². The molecule has 0 radical (unpaired) electrons. The maximum atomic E-state index is 12.4. The Labute approximate surface area is 160 Å². The third-order valence-corrected chi connectivity index (χ3v) is 4.65. The molecule has 1 aliphatic rings. The molecule has 1 saturated heterocycles. The summed E-state index contributed by atoms with van der Waals surface area (Å²) in [6.07, 6.45) is -2.15. The van der Waals surface area contributed by atoms with Crippen LogP contribution in [-0.2, 0) is 6.42 Å². The number of benzene rings is 1. The Morgan fingerprint density at radius 1 is 1.22 bits per heavy atom. The van der Waals surface area contributed by atoms with Gasteiger partial charge in [-0.2, -0.15) is 0 Å². The molecule has 146 valence electrons. The predicted molar refractivity (Wildman–Crippen MR) is 96.3 cm³/mol. The minimum absolute atomic E-state index is 0.0209. The van der Waals surface area contributed by atoms with Crippen molar-refractivity contribution in [1.29, 1.82) is 0 Å².